The van der Waals surface area contributed by atoms with Gasteiger partial charge >= 0.3 is 0 Å². The van der Waals surface area contributed by atoms with Crippen LogP contribution in [-0.4, -0.2) is 43.6 Å². The molecule has 23 heavy (non-hydrogen) atoms. The first-order chi connectivity index (χ1) is 11.0. The molecule has 126 valence electrons. The van der Waals surface area contributed by atoms with Crippen molar-refractivity contribution in [2.75, 3.05) is 37.8 Å². The summed E-state index contributed by atoms with van der Waals surface area (Å²) in [6.45, 7) is 8.14. The standard InChI is InChI=1S/C18H28N4S/c1-18(2,23-4)14-21-17(19-3)20-13-15-7-9-16(10-8-15)22-11-5-6-12-22/h5-10H,11-14H2,1-4H3,(H2,19,20,21). The van der Waals surface area contributed by atoms with E-state index in [1.54, 1.807) is 0 Å². The fraction of sp³-hybridized carbons (Fsp3) is 0.500. The zero-order chi connectivity index (χ0) is 16.7. The zero-order valence-electron chi connectivity index (χ0n) is 14.6. The van der Waals surface area contributed by atoms with Gasteiger partial charge in [-0.3, -0.25) is 4.99 Å². The van der Waals surface area contributed by atoms with Gasteiger partial charge in [-0.1, -0.05) is 24.3 Å². The SMILES string of the molecule is CN=C(NCc1ccc(N2CC=CC2)cc1)NCC(C)(C)SC. The molecule has 0 saturated carbocycles. The van der Waals surface area contributed by atoms with E-state index in [0.29, 0.717) is 0 Å². The Hall–Kier alpha value is -1.62. The minimum absolute atomic E-state index is 0.197. The van der Waals surface area contributed by atoms with Crippen LogP contribution in [0.2, 0.25) is 0 Å². The molecule has 0 amide bonds. The van der Waals surface area contributed by atoms with Gasteiger partial charge < -0.3 is 15.5 Å². The van der Waals surface area contributed by atoms with Gasteiger partial charge in [0.15, 0.2) is 5.96 Å². The summed E-state index contributed by atoms with van der Waals surface area (Å²) in [6.07, 6.45) is 6.55. The third kappa shape index (κ3) is 5.50. The van der Waals surface area contributed by atoms with E-state index >= 15 is 0 Å². The van der Waals surface area contributed by atoms with E-state index in [-0.39, 0.29) is 4.75 Å². The molecule has 1 aromatic carbocycles. The van der Waals surface area contributed by atoms with Crippen molar-refractivity contribution in [3.05, 3.63) is 42.0 Å². The molecule has 0 spiro atoms. The maximum absolute atomic E-state index is 4.29. The van der Waals surface area contributed by atoms with Crippen molar-refractivity contribution in [1.29, 1.82) is 0 Å². The molecule has 2 N–H and O–H groups in total. The summed E-state index contributed by atoms with van der Waals surface area (Å²) < 4.78 is 0.197. The Balaban J connectivity index is 1.82. The first kappa shape index (κ1) is 17.7. The topological polar surface area (TPSA) is 39.7 Å². The van der Waals surface area contributed by atoms with Gasteiger partial charge in [0.05, 0.1) is 0 Å². The van der Waals surface area contributed by atoms with Crippen LogP contribution in [0, 0.1) is 0 Å². The van der Waals surface area contributed by atoms with Crippen molar-refractivity contribution in [1.82, 2.24) is 10.6 Å². The van der Waals surface area contributed by atoms with E-state index in [0.717, 1.165) is 32.1 Å². The van der Waals surface area contributed by atoms with Crippen LogP contribution in [0.5, 0.6) is 0 Å². The monoisotopic (exact) mass is 332 g/mol. The average Bonchev–Trinajstić information content (AvgIpc) is 3.10. The Labute approximate surface area is 144 Å². The molecule has 1 aromatic rings. The molecule has 4 nitrogen and oxygen atoms in total. The first-order valence-electron chi connectivity index (χ1n) is 8.02. The van der Waals surface area contributed by atoms with Gasteiger partial charge in [-0.25, -0.2) is 0 Å². The lowest BCUT2D eigenvalue weighted by Gasteiger charge is -2.23. The minimum Gasteiger partial charge on any atom is -0.364 e. The minimum atomic E-state index is 0.197. The number of nitrogens with zero attached hydrogens (tertiary/aromatic N) is 2. The maximum Gasteiger partial charge on any atom is 0.191 e. The zero-order valence-corrected chi connectivity index (χ0v) is 15.4. The highest BCUT2D eigenvalue weighted by atomic mass is 32.2. The lowest BCUT2D eigenvalue weighted by Crippen LogP contribution is -2.42. The predicted octanol–water partition coefficient (Wildman–Crippen LogP) is 2.87. The molecule has 0 radical (unpaired) electrons. The summed E-state index contributed by atoms with van der Waals surface area (Å²) in [5, 5.41) is 6.76. The highest BCUT2D eigenvalue weighted by molar-refractivity contribution is 7.99. The summed E-state index contributed by atoms with van der Waals surface area (Å²) in [4.78, 5) is 6.64. The van der Waals surface area contributed by atoms with E-state index in [1.165, 1.54) is 11.3 Å². The molecule has 0 fully saturated rings. The van der Waals surface area contributed by atoms with Crippen molar-refractivity contribution in [3.8, 4) is 0 Å². The molecule has 0 atom stereocenters. The summed E-state index contributed by atoms with van der Waals surface area (Å²) in [5.41, 5.74) is 2.54. The second-order valence-electron chi connectivity index (χ2n) is 6.29. The second-order valence-corrected chi connectivity index (χ2v) is 7.80. The molecular formula is C18H28N4S. The number of rotatable bonds is 6. The molecule has 2 rings (SSSR count). The molecule has 1 aliphatic heterocycles. The Bertz CT molecular complexity index is 541. The molecular weight excluding hydrogens is 304 g/mol. The second kappa shape index (κ2) is 8.29. The fourth-order valence-corrected chi connectivity index (χ4v) is 2.51. The Kier molecular flexibility index (Phi) is 6.39. The number of nitrogens with one attached hydrogen (secondary N) is 2. The predicted molar refractivity (Wildman–Crippen MR) is 104 cm³/mol. The van der Waals surface area contributed by atoms with E-state index in [1.807, 2.05) is 18.8 Å². The molecule has 0 aliphatic carbocycles. The van der Waals surface area contributed by atoms with Gasteiger partial charge in [-0.15, -0.1) is 0 Å². The number of aliphatic imine (C=N–C) groups is 1. The Morgan fingerprint density at radius 1 is 1.17 bits per heavy atom. The van der Waals surface area contributed by atoms with Crippen LogP contribution in [0.25, 0.3) is 0 Å². The molecule has 1 heterocycles. The smallest absolute Gasteiger partial charge is 0.191 e. The molecule has 0 aromatic heterocycles. The third-order valence-corrected chi connectivity index (χ3v) is 5.29. The van der Waals surface area contributed by atoms with Crippen LogP contribution in [0.1, 0.15) is 19.4 Å². The van der Waals surface area contributed by atoms with Crippen LogP contribution >= 0.6 is 11.8 Å². The van der Waals surface area contributed by atoms with E-state index in [4.69, 9.17) is 0 Å². The highest BCUT2D eigenvalue weighted by Gasteiger charge is 2.16. The van der Waals surface area contributed by atoms with Gasteiger partial charge in [0.1, 0.15) is 0 Å². The van der Waals surface area contributed by atoms with Crippen LogP contribution in [0.3, 0.4) is 0 Å². The Morgan fingerprint density at radius 3 is 2.39 bits per heavy atom. The van der Waals surface area contributed by atoms with Gasteiger partial charge in [-0.2, -0.15) is 11.8 Å². The van der Waals surface area contributed by atoms with E-state index in [2.05, 4.69) is 77.0 Å². The largest absolute Gasteiger partial charge is 0.364 e. The molecule has 5 heteroatoms. The van der Waals surface area contributed by atoms with E-state index < -0.39 is 0 Å². The third-order valence-electron chi connectivity index (χ3n) is 4.04. The lowest BCUT2D eigenvalue weighted by molar-refractivity contribution is 0.664. The summed E-state index contributed by atoms with van der Waals surface area (Å²) in [6, 6.07) is 8.74. The average molecular weight is 333 g/mol. The van der Waals surface area contributed by atoms with Gasteiger partial charge in [0.2, 0.25) is 0 Å². The van der Waals surface area contributed by atoms with Gasteiger partial charge in [0, 0.05) is 43.7 Å². The van der Waals surface area contributed by atoms with Crippen LogP contribution in [0.4, 0.5) is 5.69 Å². The quantitative estimate of drug-likeness (QED) is 0.477. The number of benzene rings is 1. The maximum atomic E-state index is 4.29. The first-order valence-corrected chi connectivity index (χ1v) is 9.25. The number of hydrogen-bond acceptors (Lipinski definition) is 3. The van der Waals surface area contributed by atoms with Crippen molar-refractivity contribution in [3.63, 3.8) is 0 Å². The highest BCUT2D eigenvalue weighted by Crippen LogP contribution is 2.19. The number of guanidine groups is 1. The van der Waals surface area contributed by atoms with Crippen molar-refractivity contribution < 1.29 is 0 Å². The number of thioether (sulfide) groups is 1. The van der Waals surface area contributed by atoms with Crippen molar-refractivity contribution in [2.45, 2.75) is 25.1 Å². The number of hydrogen-bond donors (Lipinski definition) is 2. The summed E-state index contributed by atoms with van der Waals surface area (Å²) >= 11 is 1.85. The van der Waals surface area contributed by atoms with E-state index in [9.17, 15) is 0 Å². The summed E-state index contributed by atoms with van der Waals surface area (Å²) in [7, 11) is 1.81. The van der Waals surface area contributed by atoms with Gasteiger partial charge in [0.25, 0.3) is 0 Å². The van der Waals surface area contributed by atoms with Crippen LogP contribution in [0.15, 0.2) is 41.4 Å². The van der Waals surface area contributed by atoms with Crippen molar-refractivity contribution >= 4 is 23.4 Å². The fourth-order valence-electron chi connectivity index (χ4n) is 2.29. The van der Waals surface area contributed by atoms with Crippen LogP contribution < -0.4 is 15.5 Å². The molecule has 1 aliphatic rings. The molecule has 0 bridgehead atoms. The number of anilines is 1. The van der Waals surface area contributed by atoms with Crippen molar-refractivity contribution in [2.24, 2.45) is 4.99 Å². The normalized spacial score (nSPS) is 15.1. The Morgan fingerprint density at radius 2 is 1.83 bits per heavy atom. The van der Waals surface area contributed by atoms with Gasteiger partial charge in [-0.05, 0) is 37.8 Å². The summed E-state index contributed by atoms with van der Waals surface area (Å²) in [5.74, 6) is 0.847. The molecule has 0 unspecified atom stereocenters. The lowest BCUT2D eigenvalue weighted by atomic mass is 10.2. The molecule has 0 saturated heterocycles. The van der Waals surface area contributed by atoms with Crippen LogP contribution in [-0.2, 0) is 6.54 Å².